The molecule has 0 aromatic carbocycles. The number of halogens is 1. The minimum Gasteiger partial charge on any atom is -0.297 e. The Morgan fingerprint density at radius 1 is 1.57 bits per heavy atom. The molecule has 0 bridgehead atoms. The number of nitrogens with zero attached hydrogens (tertiary/aromatic N) is 1. The van der Waals surface area contributed by atoms with Gasteiger partial charge in [0.25, 0.3) is 0 Å². The SMILES string of the molecule is CCN1NCC(Cl)C1C(=O)C(C)(C)C. The van der Waals surface area contributed by atoms with Crippen LogP contribution in [-0.2, 0) is 4.79 Å². The third-order valence-electron chi connectivity index (χ3n) is 2.52. The van der Waals surface area contributed by atoms with Gasteiger partial charge in [-0.15, -0.1) is 11.6 Å². The number of carbonyl (C=O) groups excluding carboxylic acids is 1. The second-order valence-corrected chi connectivity index (χ2v) is 5.28. The monoisotopic (exact) mass is 218 g/mol. The van der Waals surface area contributed by atoms with Crippen molar-refractivity contribution in [1.82, 2.24) is 10.4 Å². The number of ketones is 1. The van der Waals surface area contributed by atoms with Crippen molar-refractivity contribution in [1.29, 1.82) is 0 Å². The van der Waals surface area contributed by atoms with E-state index in [-0.39, 0.29) is 22.6 Å². The molecule has 0 saturated carbocycles. The lowest BCUT2D eigenvalue weighted by Gasteiger charge is -2.28. The Balaban J connectivity index is 2.79. The van der Waals surface area contributed by atoms with Gasteiger partial charge in [-0.2, -0.15) is 0 Å². The zero-order valence-corrected chi connectivity index (χ0v) is 10.1. The Labute approximate surface area is 90.8 Å². The van der Waals surface area contributed by atoms with Gasteiger partial charge in [0.2, 0.25) is 0 Å². The number of alkyl halides is 1. The van der Waals surface area contributed by atoms with Crippen molar-refractivity contribution in [3.63, 3.8) is 0 Å². The molecule has 82 valence electrons. The van der Waals surface area contributed by atoms with E-state index in [1.54, 1.807) is 0 Å². The highest BCUT2D eigenvalue weighted by Gasteiger charge is 2.41. The smallest absolute Gasteiger partial charge is 0.158 e. The average Bonchev–Trinajstić information content (AvgIpc) is 2.43. The van der Waals surface area contributed by atoms with E-state index in [9.17, 15) is 4.79 Å². The number of Topliss-reactive ketones (excluding diaryl/α,β-unsaturated/α-hetero) is 1. The molecule has 3 nitrogen and oxygen atoms in total. The maximum atomic E-state index is 12.1. The van der Waals surface area contributed by atoms with Crippen LogP contribution in [0.4, 0.5) is 0 Å². The van der Waals surface area contributed by atoms with E-state index in [0.29, 0.717) is 6.54 Å². The van der Waals surface area contributed by atoms with Crippen LogP contribution in [0.25, 0.3) is 0 Å². The van der Waals surface area contributed by atoms with Gasteiger partial charge < -0.3 is 0 Å². The van der Waals surface area contributed by atoms with Gasteiger partial charge in [-0.3, -0.25) is 10.2 Å². The summed E-state index contributed by atoms with van der Waals surface area (Å²) in [5.41, 5.74) is 2.82. The number of hydrazine groups is 1. The molecule has 1 saturated heterocycles. The molecule has 0 aromatic rings. The molecular weight excluding hydrogens is 200 g/mol. The van der Waals surface area contributed by atoms with Crippen molar-refractivity contribution in [2.75, 3.05) is 13.1 Å². The number of nitrogens with one attached hydrogen (secondary N) is 1. The predicted octanol–water partition coefficient (Wildman–Crippen LogP) is 1.42. The molecule has 1 N–H and O–H groups in total. The summed E-state index contributed by atoms with van der Waals surface area (Å²) in [5, 5.41) is 1.83. The summed E-state index contributed by atoms with van der Waals surface area (Å²) in [7, 11) is 0. The van der Waals surface area contributed by atoms with Gasteiger partial charge in [0.05, 0.1) is 5.38 Å². The summed E-state index contributed by atoms with van der Waals surface area (Å²) in [6, 6.07) is -0.179. The summed E-state index contributed by atoms with van der Waals surface area (Å²) in [4.78, 5) is 12.1. The second-order valence-electron chi connectivity index (χ2n) is 4.72. The van der Waals surface area contributed by atoms with Gasteiger partial charge in [0, 0.05) is 18.5 Å². The predicted molar refractivity (Wildman–Crippen MR) is 58.3 cm³/mol. The standard InChI is InChI=1S/C10H19ClN2O/c1-5-13-8(7(11)6-12-13)9(14)10(2,3)4/h7-8,12H,5-6H2,1-4H3. The molecule has 0 aliphatic carbocycles. The van der Waals surface area contributed by atoms with Crippen molar-refractivity contribution < 1.29 is 4.79 Å². The number of hydrogen-bond donors (Lipinski definition) is 1. The fraction of sp³-hybridized carbons (Fsp3) is 0.900. The van der Waals surface area contributed by atoms with Crippen molar-refractivity contribution >= 4 is 17.4 Å². The van der Waals surface area contributed by atoms with E-state index in [2.05, 4.69) is 5.43 Å². The molecule has 0 radical (unpaired) electrons. The van der Waals surface area contributed by atoms with E-state index < -0.39 is 0 Å². The van der Waals surface area contributed by atoms with Crippen LogP contribution < -0.4 is 5.43 Å². The van der Waals surface area contributed by atoms with Crippen LogP contribution >= 0.6 is 11.6 Å². The second kappa shape index (κ2) is 4.17. The summed E-state index contributed by atoms with van der Waals surface area (Å²) >= 11 is 6.13. The minimum absolute atomic E-state index is 0.110. The van der Waals surface area contributed by atoms with Crippen LogP contribution in [0.5, 0.6) is 0 Å². The highest BCUT2D eigenvalue weighted by atomic mass is 35.5. The Hall–Kier alpha value is -0.120. The Morgan fingerprint density at radius 2 is 2.14 bits per heavy atom. The maximum absolute atomic E-state index is 12.1. The number of likely N-dealkylation sites (N-methyl/N-ethyl adjacent to an activating group) is 1. The molecule has 0 amide bonds. The number of rotatable bonds is 2. The van der Waals surface area contributed by atoms with Gasteiger partial charge in [-0.25, -0.2) is 5.01 Å². The van der Waals surface area contributed by atoms with Gasteiger partial charge in [0.15, 0.2) is 5.78 Å². The maximum Gasteiger partial charge on any atom is 0.158 e. The highest BCUT2D eigenvalue weighted by Crippen LogP contribution is 2.25. The van der Waals surface area contributed by atoms with Crippen LogP contribution in [0.1, 0.15) is 27.7 Å². The quantitative estimate of drug-likeness (QED) is 0.712. The molecule has 4 heteroatoms. The molecule has 1 aliphatic rings. The molecule has 2 atom stereocenters. The molecule has 14 heavy (non-hydrogen) atoms. The van der Waals surface area contributed by atoms with Crippen LogP contribution in [0.2, 0.25) is 0 Å². The van der Waals surface area contributed by atoms with Crippen LogP contribution in [0.15, 0.2) is 0 Å². The lowest BCUT2D eigenvalue weighted by Crippen LogP contribution is -2.47. The first kappa shape index (κ1) is 12.0. The first-order chi connectivity index (χ1) is 6.38. The number of carbonyl (C=O) groups is 1. The molecule has 2 unspecified atom stereocenters. The molecule has 1 fully saturated rings. The molecular formula is C10H19ClN2O. The fourth-order valence-corrected chi connectivity index (χ4v) is 1.99. The third kappa shape index (κ3) is 2.27. The zero-order valence-electron chi connectivity index (χ0n) is 9.30. The highest BCUT2D eigenvalue weighted by molar-refractivity contribution is 6.23. The normalized spacial score (nSPS) is 29.5. The fourth-order valence-electron chi connectivity index (χ4n) is 1.67. The van der Waals surface area contributed by atoms with Gasteiger partial charge >= 0.3 is 0 Å². The molecule has 1 aliphatic heterocycles. The zero-order chi connectivity index (χ0) is 10.9. The molecule has 0 aromatic heterocycles. The Bertz CT molecular complexity index is 225. The van der Waals surface area contributed by atoms with Crippen molar-refractivity contribution in [2.24, 2.45) is 5.41 Å². The first-order valence-corrected chi connectivity index (χ1v) is 5.50. The number of hydrogen-bond acceptors (Lipinski definition) is 3. The molecule has 0 spiro atoms. The van der Waals surface area contributed by atoms with Crippen LogP contribution in [0, 0.1) is 5.41 Å². The van der Waals surface area contributed by atoms with Crippen LogP contribution in [-0.4, -0.2) is 35.3 Å². The van der Waals surface area contributed by atoms with Crippen LogP contribution in [0.3, 0.4) is 0 Å². The van der Waals surface area contributed by atoms with E-state index in [1.165, 1.54) is 0 Å². The van der Waals surface area contributed by atoms with Crippen molar-refractivity contribution in [3.8, 4) is 0 Å². The van der Waals surface area contributed by atoms with Gasteiger partial charge in [-0.1, -0.05) is 27.7 Å². The van der Waals surface area contributed by atoms with E-state index in [4.69, 9.17) is 11.6 Å². The van der Waals surface area contributed by atoms with Crippen molar-refractivity contribution in [2.45, 2.75) is 39.1 Å². The summed E-state index contributed by atoms with van der Waals surface area (Å²) in [6.45, 7) is 9.31. The lowest BCUT2D eigenvalue weighted by atomic mass is 9.85. The van der Waals surface area contributed by atoms with Gasteiger partial charge in [-0.05, 0) is 0 Å². The Morgan fingerprint density at radius 3 is 2.57 bits per heavy atom. The summed E-state index contributed by atoms with van der Waals surface area (Å²) in [5.74, 6) is 0.212. The largest absolute Gasteiger partial charge is 0.297 e. The molecule has 1 heterocycles. The lowest BCUT2D eigenvalue weighted by molar-refractivity contribution is -0.131. The van der Waals surface area contributed by atoms with Crippen molar-refractivity contribution in [3.05, 3.63) is 0 Å². The first-order valence-electron chi connectivity index (χ1n) is 5.06. The third-order valence-corrected chi connectivity index (χ3v) is 2.91. The minimum atomic E-state index is -0.322. The topological polar surface area (TPSA) is 32.3 Å². The summed E-state index contributed by atoms with van der Waals surface area (Å²) in [6.07, 6.45) is 0. The van der Waals surface area contributed by atoms with Gasteiger partial charge in [0.1, 0.15) is 6.04 Å². The molecule has 1 rings (SSSR count). The van der Waals surface area contributed by atoms with E-state index in [1.807, 2.05) is 32.7 Å². The van der Waals surface area contributed by atoms with E-state index >= 15 is 0 Å². The summed E-state index contributed by atoms with van der Waals surface area (Å²) < 4.78 is 0. The average molecular weight is 219 g/mol. The van der Waals surface area contributed by atoms with E-state index in [0.717, 1.165) is 6.54 Å². The Kier molecular flexibility index (Phi) is 3.56.